The quantitative estimate of drug-likeness (QED) is 0.176. The molecule has 2 aromatic heterocycles. The summed E-state index contributed by atoms with van der Waals surface area (Å²) < 4.78 is 37.2. The Bertz CT molecular complexity index is 2110. The lowest BCUT2D eigenvalue weighted by Crippen LogP contribution is -2.47. The van der Waals surface area contributed by atoms with Crippen molar-refractivity contribution >= 4 is 81.8 Å². The summed E-state index contributed by atoms with van der Waals surface area (Å²) in [6.45, 7) is 13.8. The number of hydrogen-bond donors (Lipinski definition) is 0. The van der Waals surface area contributed by atoms with Gasteiger partial charge >= 0.3 is 12.2 Å². The number of cyclic esters (lactones) is 2. The van der Waals surface area contributed by atoms with E-state index in [0.29, 0.717) is 17.2 Å². The number of carbonyl (C=O) groups is 4. The number of ether oxygens (including phenoxy) is 2. The summed E-state index contributed by atoms with van der Waals surface area (Å²) in [7, 11) is 3.05. The fourth-order valence-corrected chi connectivity index (χ4v) is 6.60. The maximum atomic E-state index is 13.5. The number of nitrogens with zero attached hydrogens (tertiary/aromatic N) is 6. The van der Waals surface area contributed by atoms with Crippen LogP contribution in [0.3, 0.4) is 0 Å². The number of halogens is 5. The van der Waals surface area contributed by atoms with Crippen molar-refractivity contribution in [2.24, 2.45) is 0 Å². The van der Waals surface area contributed by atoms with E-state index in [-0.39, 0.29) is 51.0 Å². The van der Waals surface area contributed by atoms with Crippen LogP contribution in [0.15, 0.2) is 60.7 Å². The topological polar surface area (TPSA) is 125 Å². The first-order valence-corrected chi connectivity index (χ1v) is 19.2. The molecule has 308 valence electrons. The number of aryl methyl sites for hydroxylation is 1. The predicted molar refractivity (Wildman–Crippen MR) is 220 cm³/mol. The van der Waals surface area contributed by atoms with Gasteiger partial charge in [0.15, 0.2) is 12.1 Å². The van der Waals surface area contributed by atoms with Gasteiger partial charge in [0.1, 0.15) is 41.6 Å². The molecule has 2 aliphatic heterocycles. The van der Waals surface area contributed by atoms with Gasteiger partial charge in [0.05, 0.1) is 10.0 Å². The van der Waals surface area contributed by atoms with Crippen LogP contribution in [-0.4, -0.2) is 73.4 Å². The van der Waals surface area contributed by atoms with Crippen molar-refractivity contribution < 1.29 is 37.4 Å². The van der Waals surface area contributed by atoms with E-state index < -0.39 is 41.8 Å². The highest BCUT2D eigenvalue weighted by Crippen LogP contribution is 2.33. The summed E-state index contributed by atoms with van der Waals surface area (Å²) in [5, 5.41) is 0.00833. The van der Waals surface area contributed by atoms with E-state index in [1.807, 2.05) is 33.8 Å². The minimum atomic E-state index is -0.949. The van der Waals surface area contributed by atoms with Gasteiger partial charge in [0.25, 0.3) is 11.8 Å². The van der Waals surface area contributed by atoms with Crippen LogP contribution in [0.25, 0.3) is 0 Å². The van der Waals surface area contributed by atoms with Crippen molar-refractivity contribution in [3.05, 3.63) is 104 Å². The van der Waals surface area contributed by atoms with Crippen molar-refractivity contribution in [3.63, 3.8) is 0 Å². The van der Waals surface area contributed by atoms with Crippen molar-refractivity contribution in [3.8, 4) is 0 Å². The van der Waals surface area contributed by atoms with Crippen LogP contribution >= 0.6 is 34.8 Å². The first-order chi connectivity index (χ1) is 27.0. The highest BCUT2D eigenvalue weighted by Gasteiger charge is 2.43. The molecule has 0 saturated carbocycles. The maximum absolute atomic E-state index is 13.5. The minimum absolute atomic E-state index is 0.0899. The third-order valence-electron chi connectivity index (χ3n) is 9.50. The molecule has 4 aromatic rings. The Morgan fingerprint density at radius 1 is 0.672 bits per heavy atom. The number of benzene rings is 2. The van der Waals surface area contributed by atoms with E-state index >= 15 is 0 Å². The molecule has 0 N–H and O–H groups in total. The molecule has 2 saturated heterocycles. The number of likely N-dealkylation sites (N-methyl/N-ethyl adjacent to an activating group) is 2. The van der Waals surface area contributed by atoms with Gasteiger partial charge in [-0.1, -0.05) is 76.3 Å². The molecule has 0 radical (unpaired) electrons. The predicted octanol–water partition coefficient (Wildman–Crippen LogP) is 9.28. The van der Waals surface area contributed by atoms with Crippen molar-refractivity contribution in [1.29, 1.82) is 0 Å². The molecule has 4 heterocycles. The number of aromatic nitrogens is 2. The summed E-state index contributed by atoms with van der Waals surface area (Å²) in [5.74, 6) is -1.39. The van der Waals surface area contributed by atoms with Gasteiger partial charge in [-0.25, -0.2) is 38.1 Å². The van der Waals surface area contributed by atoms with Crippen molar-refractivity contribution in [1.82, 2.24) is 9.97 Å². The minimum Gasteiger partial charge on any atom is -0.446 e. The average Bonchev–Trinajstić information content (AvgIpc) is 3.73. The molecule has 0 aliphatic carbocycles. The number of rotatable bonds is 6. The molecule has 2 fully saturated rings. The van der Waals surface area contributed by atoms with Crippen LogP contribution in [0.2, 0.25) is 15.2 Å². The lowest BCUT2D eigenvalue weighted by molar-refractivity contribution is -0.120. The fraction of sp³-hybridized carbons (Fsp3) is 0.366. The molecule has 0 bridgehead atoms. The molecule has 6 rings (SSSR count). The van der Waals surface area contributed by atoms with Crippen LogP contribution in [0.4, 0.5) is 41.4 Å². The second-order valence-corrected chi connectivity index (χ2v) is 17.0. The molecule has 2 aromatic carbocycles. The van der Waals surface area contributed by atoms with Crippen molar-refractivity contribution in [2.45, 2.75) is 71.4 Å². The standard InChI is InChI=1S/C21H23ClFN3O3.C20H20Cl2FN3O3/c1-12-8-13(21(2,3)4)9-18(24-12)26-17(11-29-20(26)28)19(27)25(5)14-6-7-16(23)15(22)10-14;1-20(2,3)11-7-16(22)24-17(8-11)26-15(10-29-19(26)28)18(27)25(4)12-5-6-14(23)13(21)9-12/h6-10,17H,11H2,1-5H3;5-9,15H,10H2,1-4H3/t17-;15-/m00/s1. The van der Waals surface area contributed by atoms with E-state index in [4.69, 9.17) is 44.3 Å². The monoisotopic (exact) mass is 858 g/mol. The summed E-state index contributed by atoms with van der Waals surface area (Å²) >= 11 is 17.8. The number of hydrogen-bond acceptors (Lipinski definition) is 8. The van der Waals surface area contributed by atoms with Gasteiger partial charge in [-0.15, -0.1) is 0 Å². The molecule has 2 atom stereocenters. The van der Waals surface area contributed by atoms with Gasteiger partial charge in [-0.2, -0.15) is 0 Å². The van der Waals surface area contributed by atoms with Gasteiger partial charge in [0.2, 0.25) is 0 Å². The Kier molecular flexibility index (Phi) is 12.9. The maximum Gasteiger partial charge on any atom is 0.416 e. The zero-order valence-electron chi connectivity index (χ0n) is 33.4. The third kappa shape index (κ3) is 9.62. The van der Waals surface area contributed by atoms with Crippen LogP contribution in [0.1, 0.15) is 58.4 Å². The molecule has 12 nitrogen and oxygen atoms in total. The van der Waals surface area contributed by atoms with Crippen molar-refractivity contribution in [2.75, 3.05) is 46.9 Å². The molecule has 2 aliphatic rings. The first kappa shape index (κ1) is 44.1. The normalized spacial score (nSPS) is 16.7. The van der Waals surface area contributed by atoms with Gasteiger partial charge < -0.3 is 19.3 Å². The second kappa shape index (κ2) is 17.0. The van der Waals surface area contributed by atoms with E-state index in [2.05, 4.69) is 30.7 Å². The Hall–Kier alpha value is -5.05. The number of pyridine rings is 2. The van der Waals surface area contributed by atoms with E-state index in [0.717, 1.165) is 16.8 Å². The van der Waals surface area contributed by atoms with Crippen LogP contribution in [0, 0.1) is 18.6 Å². The van der Waals surface area contributed by atoms with Crippen LogP contribution in [0.5, 0.6) is 0 Å². The van der Waals surface area contributed by atoms with E-state index in [1.165, 1.54) is 70.1 Å². The number of carbonyl (C=O) groups excluding carboxylic acids is 4. The Balaban J connectivity index is 0.000000221. The Morgan fingerprint density at radius 2 is 1.07 bits per heavy atom. The zero-order chi connectivity index (χ0) is 43.0. The SMILES string of the molecule is CN(C(=O)[C@@H]1COC(=O)N1c1cc(C(C)(C)C)cc(Cl)n1)c1ccc(F)c(Cl)c1.Cc1cc(C(C)(C)C)cc(N2C(=O)OC[C@H]2C(=O)N(C)c2ccc(F)c(Cl)c2)n1. The molecule has 17 heteroatoms. The lowest BCUT2D eigenvalue weighted by atomic mass is 9.87. The zero-order valence-corrected chi connectivity index (χ0v) is 35.6. The van der Waals surface area contributed by atoms with E-state index in [9.17, 15) is 28.0 Å². The lowest BCUT2D eigenvalue weighted by Gasteiger charge is -2.27. The van der Waals surface area contributed by atoms with Gasteiger partial charge in [0, 0.05) is 31.2 Å². The van der Waals surface area contributed by atoms with Crippen LogP contribution < -0.4 is 19.6 Å². The molecule has 58 heavy (non-hydrogen) atoms. The molecule has 0 unspecified atom stereocenters. The van der Waals surface area contributed by atoms with E-state index in [1.54, 1.807) is 18.2 Å². The number of amides is 4. The summed E-state index contributed by atoms with van der Waals surface area (Å²) in [5.41, 5.74) is 2.97. The average molecular weight is 860 g/mol. The molecule has 4 amide bonds. The Labute approximate surface area is 350 Å². The van der Waals surface area contributed by atoms with Gasteiger partial charge in [-0.3, -0.25) is 9.59 Å². The first-order valence-electron chi connectivity index (χ1n) is 18.0. The molecular weight excluding hydrogens is 817 g/mol. The smallest absolute Gasteiger partial charge is 0.416 e. The fourth-order valence-electron chi connectivity index (χ4n) is 6.05. The highest BCUT2D eigenvalue weighted by molar-refractivity contribution is 6.31. The summed E-state index contributed by atoms with van der Waals surface area (Å²) in [6.07, 6.45) is -1.32. The third-order valence-corrected chi connectivity index (χ3v) is 10.3. The van der Waals surface area contributed by atoms with Crippen LogP contribution in [-0.2, 0) is 29.9 Å². The largest absolute Gasteiger partial charge is 0.446 e. The number of anilines is 4. The molecular formula is C41H43Cl3F2N6O6. The summed E-state index contributed by atoms with van der Waals surface area (Å²) in [4.78, 5) is 64.8. The molecule has 0 spiro atoms. The Morgan fingerprint density at radius 3 is 1.47 bits per heavy atom. The second-order valence-electron chi connectivity index (χ2n) is 15.8. The van der Waals surface area contributed by atoms with Gasteiger partial charge in [-0.05, 0) is 89.5 Å². The highest BCUT2D eigenvalue weighted by atomic mass is 35.5. The summed E-state index contributed by atoms with van der Waals surface area (Å²) in [6, 6.07) is 13.3.